The van der Waals surface area contributed by atoms with E-state index < -0.39 is 6.09 Å². The summed E-state index contributed by atoms with van der Waals surface area (Å²) in [6.07, 6.45) is -1.12. The zero-order valence-electron chi connectivity index (χ0n) is 4.47. The molecule has 0 rings (SSSR count). The predicted molar refractivity (Wildman–Crippen MR) is 24.4 cm³/mol. The molecule has 41 valence electrons. The smallest absolute Gasteiger partial charge is 0.308 e. The minimum absolute atomic E-state index is 0.488. The van der Waals surface area contributed by atoms with E-state index in [1.54, 1.807) is 6.92 Å². The molecule has 3 heteroatoms. The Balaban J connectivity index is 3.34. The Morgan fingerprint density at radius 1 is 1.71 bits per heavy atom. The van der Waals surface area contributed by atoms with E-state index in [0.29, 0.717) is 6.54 Å². The highest BCUT2D eigenvalue weighted by Crippen LogP contribution is 1.79. The molecule has 0 bridgehead atoms. The lowest BCUT2D eigenvalue weighted by Crippen LogP contribution is -2.22. The summed E-state index contributed by atoms with van der Waals surface area (Å²) in [6, 6.07) is 0. The van der Waals surface area contributed by atoms with E-state index >= 15 is 0 Å². The second kappa shape index (κ2) is 2.44. The Hall–Kier alpha value is -0.730. The van der Waals surface area contributed by atoms with E-state index in [-0.39, 0.29) is 0 Å². The molecule has 7 heavy (non-hydrogen) atoms. The van der Waals surface area contributed by atoms with Gasteiger partial charge in [-0.15, -0.1) is 0 Å². The van der Waals surface area contributed by atoms with Crippen molar-refractivity contribution in [2.45, 2.75) is 6.92 Å². The molecule has 0 N–H and O–H groups in total. The maximum absolute atomic E-state index is 9.75. The van der Waals surface area contributed by atoms with Crippen LogP contribution >= 0.6 is 0 Å². The van der Waals surface area contributed by atoms with E-state index in [1.165, 1.54) is 7.05 Å². The molecule has 0 aliphatic heterocycles. The molecule has 0 aliphatic carbocycles. The molecule has 0 saturated carbocycles. The average molecular weight is 102 g/mol. The van der Waals surface area contributed by atoms with Gasteiger partial charge in [0.2, 0.25) is 0 Å². The Morgan fingerprint density at radius 2 is 2.14 bits per heavy atom. The standard InChI is InChI=1S/C4H8NO2/c1-3-5(2)4(6)7/h3H2,1-2H3. The minimum atomic E-state index is -1.12. The van der Waals surface area contributed by atoms with Gasteiger partial charge in [-0.3, -0.25) is 0 Å². The third-order valence-electron chi connectivity index (χ3n) is 0.786. The minimum Gasteiger partial charge on any atom is -0.308 e. The second-order valence-corrected chi connectivity index (χ2v) is 1.28. The fourth-order valence-corrected chi connectivity index (χ4v) is 0.129. The Kier molecular flexibility index (Phi) is 2.19. The predicted octanol–water partition coefficient (Wildman–Crippen LogP) is 0.489. The van der Waals surface area contributed by atoms with E-state index in [0.717, 1.165) is 4.90 Å². The molecule has 0 heterocycles. The maximum Gasteiger partial charge on any atom is 0.452 e. The summed E-state index contributed by atoms with van der Waals surface area (Å²) in [5.74, 6) is 0. The van der Waals surface area contributed by atoms with Gasteiger partial charge in [-0.2, -0.15) is 0 Å². The van der Waals surface area contributed by atoms with E-state index in [9.17, 15) is 9.90 Å². The third-order valence-corrected chi connectivity index (χ3v) is 0.786. The molecule has 0 unspecified atom stereocenters. The first kappa shape index (κ1) is 6.27. The summed E-state index contributed by atoms with van der Waals surface area (Å²) in [6.45, 7) is 2.23. The summed E-state index contributed by atoms with van der Waals surface area (Å²) in [7, 11) is 1.47. The van der Waals surface area contributed by atoms with Crippen molar-refractivity contribution in [3.05, 3.63) is 0 Å². The maximum atomic E-state index is 9.75. The first-order chi connectivity index (χ1) is 3.18. The van der Waals surface area contributed by atoms with Gasteiger partial charge in [0.1, 0.15) is 0 Å². The first-order valence-corrected chi connectivity index (χ1v) is 2.10. The van der Waals surface area contributed by atoms with Crippen LogP contribution in [0.15, 0.2) is 0 Å². The summed E-state index contributed by atoms with van der Waals surface area (Å²) in [5.41, 5.74) is 0. The van der Waals surface area contributed by atoms with Crippen molar-refractivity contribution in [3.63, 3.8) is 0 Å². The molecule has 3 nitrogen and oxygen atoms in total. The highest BCUT2D eigenvalue weighted by molar-refractivity contribution is 5.63. The van der Waals surface area contributed by atoms with E-state index in [1.807, 2.05) is 0 Å². The molecule has 0 aromatic carbocycles. The number of rotatable bonds is 1. The van der Waals surface area contributed by atoms with Crippen molar-refractivity contribution in [2.75, 3.05) is 13.6 Å². The lowest BCUT2D eigenvalue weighted by atomic mass is 10.7. The van der Waals surface area contributed by atoms with Gasteiger partial charge in [0.25, 0.3) is 0 Å². The Labute approximate surface area is 42.5 Å². The molecule has 1 amide bonds. The summed E-state index contributed by atoms with van der Waals surface area (Å²) < 4.78 is 0. The van der Waals surface area contributed by atoms with Gasteiger partial charge in [0.05, 0.1) is 0 Å². The topological polar surface area (TPSA) is 40.2 Å². The van der Waals surface area contributed by atoms with Crippen molar-refractivity contribution in [1.29, 1.82) is 0 Å². The van der Waals surface area contributed by atoms with Gasteiger partial charge in [-0.25, -0.2) is 9.90 Å². The molecule has 0 spiro atoms. The number of amides is 1. The molecule has 0 aromatic heterocycles. The molecule has 0 atom stereocenters. The largest absolute Gasteiger partial charge is 0.452 e. The lowest BCUT2D eigenvalue weighted by Gasteiger charge is -2.04. The zero-order chi connectivity index (χ0) is 5.86. The van der Waals surface area contributed by atoms with E-state index in [2.05, 4.69) is 0 Å². The molecular formula is C4H8NO2. The van der Waals surface area contributed by atoms with Crippen LogP contribution in [0.5, 0.6) is 0 Å². The highest BCUT2D eigenvalue weighted by atomic mass is 16.4. The van der Waals surface area contributed by atoms with Gasteiger partial charge in [0, 0.05) is 13.6 Å². The third kappa shape index (κ3) is 2.03. The summed E-state index contributed by atoms with van der Waals surface area (Å²) >= 11 is 0. The van der Waals surface area contributed by atoms with Crippen LogP contribution in [-0.2, 0) is 5.11 Å². The zero-order valence-corrected chi connectivity index (χ0v) is 4.47. The van der Waals surface area contributed by atoms with Crippen LogP contribution in [0.3, 0.4) is 0 Å². The second-order valence-electron chi connectivity index (χ2n) is 1.28. The summed E-state index contributed by atoms with van der Waals surface area (Å²) in [4.78, 5) is 10.8. The van der Waals surface area contributed by atoms with Crippen molar-refractivity contribution < 1.29 is 9.90 Å². The molecule has 0 saturated heterocycles. The molecule has 1 radical (unpaired) electrons. The number of hydrogen-bond acceptors (Lipinski definition) is 1. The first-order valence-electron chi connectivity index (χ1n) is 2.10. The molecule has 0 fully saturated rings. The van der Waals surface area contributed by atoms with Crippen LogP contribution in [-0.4, -0.2) is 24.6 Å². The fourth-order valence-electron chi connectivity index (χ4n) is 0.129. The fraction of sp³-hybridized carbons (Fsp3) is 0.750. The van der Waals surface area contributed by atoms with Gasteiger partial charge < -0.3 is 4.90 Å². The van der Waals surface area contributed by atoms with Gasteiger partial charge in [-0.1, -0.05) is 0 Å². The van der Waals surface area contributed by atoms with Crippen LogP contribution in [0, 0.1) is 0 Å². The van der Waals surface area contributed by atoms with Crippen molar-refractivity contribution in [2.24, 2.45) is 0 Å². The SMILES string of the molecule is CCN(C)C([O])=O. The van der Waals surface area contributed by atoms with Crippen LogP contribution in [0.4, 0.5) is 4.79 Å². The lowest BCUT2D eigenvalue weighted by molar-refractivity contribution is 0.132. The number of hydrogen-bond donors (Lipinski definition) is 0. The number of nitrogens with zero attached hydrogens (tertiary/aromatic N) is 1. The average Bonchev–Trinajstić information content (AvgIpc) is 1.65. The van der Waals surface area contributed by atoms with Gasteiger partial charge in [-0.05, 0) is 6.92 Å². The van der Waals surface area contributed by atoms with Crippen molar-refractivity contribution >= 4 is 6.09 Å². The van der Waals surface area contributed by atoms with Crippen LogP contribution in [0.1, 0.15) is 6.92 Å². The molecule has 0 aromatic rings. The number of carbonyl (C=O) groups excluding carboxylic acids is 1. The molecular weight excluding hydrogens is 94.0 g/mol. The number of carbonyl (C=O) groups is 1. The normalized spacial score (nSPS) is 8.29. The van der Waals surface area contributed by atoms with Crippen LogP contribution in [0.2, 0.25) is 0 Å². The van der Waals surface area contributed by atoms with Crippen LogP contribution in [0.25, 0.3) is 0 Å². The Bertz CT molecular complexity index is 72.1. The highest BCUT2D eigenvalue weighted by Gasteiger charge is 2.01. The van der Waals surface area contributed by atoms with E-state index in [4.69, 9.17) is 0 Å². The van der Waals surface area contributed by atoms with Gasteiger partial charge in [0.15, 0.2) is 0 Å². The summed E-state index contributed by atoms with van der Waals surface area (Å²) in [5, 5.41) is 9.75. The molecule has 0 aliphatic rings. The Morgan fingerprint density at radius 3 is 2.14 bits per heavy atom. The van der Waals surface area contributed by atoms with Crippen molar-refractivity contribution in [1.82, 2.24) is 4.90 Å². The van der Waals surface area contributed by atoms with Crippen molar-refractivity contribution in [3.8, 4) is 0 Å². The monoisotopic (exact) mass is 102 g/mol. The quantitative estimate of drug-likeness (QED) is 0.475. The van der Waals surface area contributed by atoms with Gasteiger partial charge >= 0.3 is 6.09 Å². The van der Waals surface area contributed by atoms with Crippen LogP contribution < -0.4 is 0 Å².